The van der Waals surface area contributed by atoms with Crippen LogP contribution in [0.5, 0.6) is 11.5 Å². The van der Waals surface area contributed by atoms with Crippen LogP contribution in [-0.2, 0) is 13.2 Å². The highest BCUT2D eigenvalue weighted by Gasteiger charge is 2.09. The van der Waals surface area contributed by atoms with Crippen LogP contribution < -0.4 is 14.8 Å². The van der Waals surface area contributed by atoms with Gasteiger partial charge in [0.2, 0.25) is 0 Å². The van der Waals surface area contributed by atoms with Crippen LogP contribution in [0.2, 0.25) is 0 Å². The summed E-state index contributed by atoms with van der Waals surface area (Å²) >= 11 is 0. The van der Waals surface area contributed by atoms with Crippen LogP contribution in [0.3, 0.4) is 0 Å². The number of rotatable bonds is 9. The molecule has 3 aromatic rings. The molecule has 1 N–H and O–H groups in total. The van der Waals surface area contributed by atoms with E-state index in [1.54, 1.807) is 0 Å². The summed E-state index contributed by atoms with van der Waals surface area (Å²) in [5.74, 6) is 1.58. The average molecular weight is 376 g/mol. The number of aryl methyl sites for hydroxylation is 1. The molecule has 0 aliphatic heterocycles. The molecule has 0 amide bonds. The molecule has 0 bridgehead atoms. The molecule has 146 valence electrons. The van der Waals surface area contributed by atoms with Gasteiger partial charge in [-0.3, -0.25) is 0 Å². The fourth-order valence-corrected chi connectivity index (χ4v) is 3.11. The molecule has 0 aliphatic rings. The van der Waals surface area contributed by atoms with Gasteiger partial charge in [-0.1, -0.05) is 60.7 Å². The van der Waals surface area contributed by atoms with E-state index in [0.717, 1.165) is 18.0 Å². The molecular formula is C25H29NO2. The Kier molecular flexibility index (Phi) is 7.10. The normalized spacial score (nSPS) is 11.8. The molecule has 0 aliphatic carbocycles. The zero-order valence-electron chi connectivity index (χ0n) is 16.9. The monoisotopic (exact) mass is 375 g/mol. The van der Waals surface area contributed by atoms with Gasteiger partial charge in [0.25, 0.3) is 0 Å². The van der Waals surface area contributed by atoms with Crippen LogP contribution in [-0.4, -0.2) is 6.61 Å². The molecule has 3 heteroatoms. The minimum absolute atomic E-state index is 0.286. The quantitative estimate of drug-likeness (QED) is 0.511. The molecular weight excluding hydrogens is 346 g/mol. The van der Waals surface area contributed by atoms with E-state index in [2.05, 4.69) is 67.7 Å². The largest absolute Gasteiger partial charge is 0.490 e. The van der Waals surface area contributed by atoms with Gasteiger partial charge >= 0.3 is 0 Å². The summed E-state index contributed by atoms with van der Waals surface area (Å²) in [6.07, 6.45) is 0. The van der Waals surface area contributed by atoms with Crippen molar-refractivity contribution in [1.29, 1.82) is 0 Å². The van der Waals surface area contributed by atoms with Crippen molar-refractivity contribution in [3.05, 3.63) is 95.1 Å². The third kappa shape index (κ3) is 5.37. The summed E-state index contributed by atoms with van der Waals surface area (Å²) in [4.78, 5) is 0. The summed E-state index contributed by atoms with van der Waals surface area (Å²) in [5.41, 5.74) is 4.88. The second-order valence-corrected chi connectivity index (χ2v) is 6.94. The Balaban J connectivity index is 1.65. The van der Waals surface area contributed by atoms with Crippen molar-refractivity contribution < 1.29 is 9.47 Å². The molecule has 0 heterocycles. The molecule has 0 saturated heterocycles. The molecule has 3 aromatic carbocycles. The van der Waals surface area contributed by atoms with E-state index >= 15 is 0 Å². The lowest BCUT2D eigenvalue weighted by Crippen LogP contribution is -2.18. The Morgan fingerprint density at radius 3 is 2.36 bits per heavy atom. The predicted molar refractivity (Wildman–Crippen MR) is 115 cm³/mol. The number of hydrogen-bond acceptors (Lipinski definition) is 3. The summed E-state index contributed by atoms with van der Waals surface area (Å²) in [6, 6.07) is 25.2. The number of ether oxygens (including phenoxy) is 2. The van der Waals surface area contributed by atoms with E-state index in [9.17, 15) is 0 Å². The fraction of sp³-hybridized carbons (Fsp3) is 0.280. The van der Waals surface area contributed by atoms with Gasteiger partial charge in [0.05, 0.1) is 6.61 Å². The lowest BCUT2D eigenvalue weighted by Gasteiger charge is -2.17. The van der Waals surface area contributed by atoms with Crippen LogP contribution in [0.25, 0.3) is 0 Å². The number of benzene rings is 3. The maximum absolute atomic E-state index is 6.06. The average Bonchev–Trinajstić information content (AvgIpc) is 2.73. The van der Waals surface area contributed by atoms with Gasteiger partial charge < -0.3 is 14.8 Å². The second-order valence-electron chi connectivity index (χ2n) is 6.94. The van der Waals surface area contributed by atoms with Crippen molar-refractivity contribution in [2.24, 2.45) is 0 Å². The molecule has 0 aromatic heterocycles. The highest BCUT2D eigenvalue weighted by molar-refractivity contribution is 5.43. The smallest absolute Gasteiger partial charge is 0.161 e. The van der Waals surface area contributed by atoms with Gasteiger partial charge in [0.1, 0.15) is 6.61 Å². The maximum atomic E-state index is 6.06. The topological polar surface area (TPSA) is 30.5 Å². The lowest BCUT2D eigenvalue weighted by molar-refractivity contribution is 0.268. The van der Waals surface area contributed by atoms with Crippen LogP contribution in [0, 0.1) is 6.92 Å². The Labute approximate surface area is 168 Å². The number of hydrogen-bond donors (Lipinski definition) is 1. The second kappa shape index (κ2) is 9.95. The first-order valence-electron chi connectivity index (χ1n) is 9.88. The first-order chi connectivity index (χ1) is 13.7. The van der Waals surface area contributed by atoms with Crippen molar-refractivity contribution in [2.75, 3.05) is 6.61 Å². The summed E-state index contributed by atoms with van der Waals surface area (Å²) < 4.78 is 11.9. The van der Waals surface area contributed by atoms with Crippen LogP contribution >= 0.6 is 0 Å². The first kappa shape index (κ1) is 20.0. The van der Waals surface area contributed by atoms with Gasteiger partial charge in [-0.15, -0.1) is 0 Å². The predicted octanol–water partition coefficient (Wildman–Crippen LogP) is 5.82. The van der Waals surface area contributed by atoms with E-state index in [-0.39, 0.29) is 6.04 Å². The van der Waals surface area contributed by atoms with Crippen molar-refractivity contribution in [3.8, 4) is 11.5 Å². The SMILES string of the molecule is CCOc1cc(CN[C@@H](C)c2ccccc2)ccc1OCc1ccccc1C. The van der Waals surface area contributed by atoms with Crippen molar-refractivity contribution in [1.82, 2.24) is 5.32 Å². The highest BCUT2D eigenvalue weighted by Crippen LogP contribution is 2.30. The van der Waals surface area contributed by atoms with E-state index in [1.807, 2.05) is 31.2 Å². The molecule has 0 radical (unpaired) electrons. The molecule has 0 spiro atoms. The molecule has 1 atom stereocenters. The fourth-order valence-electron chi connectivity index (χ4n) is 3.11. The van der Waals surface area contributed by atoms with Crippen LogP contribution in [0.4, 0.5) is 0 Å². The zero-order valence-corrected chi connectivity index (χ0v) is 16.9. The Morgan fingerprint density at radius 2 is 1.61 bits per heavy atom. The van der Waals surface area contributed by atoms with Gasteiger partial charge in [-0.25, -0.2) is 0 Å². The minimum atomic E-state index is 0.286. The van der Waals surface area contributed by atoms with Crippen LogP contribution in [0.1, 0.15) is 42.1 Å². The zero-order chi connectivity index (χ0) is 19.8. The number of nitrogens with one attached hydrogen (secondary N) is 1. The summed E-state index contributed by atoms with van der Waals surface area (Å²) in [6.45, 7) is 8.19. The van der Waals surface area contributed by atoms with E-state index in [1.165, 1.54) is 22.3 Å². The third-order valence-electron chi connectivity index (χ3n) is 4.86. The van der Waals surface area contributed by atoms with Crippen molar-refractivity contribution >= 4 is 0 Å². The molecule has 3 rings (SSSR count). The molecule has 3 nitrogen and oxygen atoms in total. The summed E-state index contributed by atoms with van der Waals surface area (Å²) in [5, 5.41) is 3.57. The van der Waals surface area contributed by atoms with Crippen molar-refractivity contribution in [3.63, 3.8) is 0 Å². The third-order valence-corrected chi connectivity index (χ3v) is 4.86. The minimum Gasteiger partial charge on any atom is -0.490 e. The highest BCUT2D eigenvalue weighted by atomic mass is 16.5. The Hall–Kier alpha value is -2.78. The first-order valence-corrected chi connectivity index (χ1v) is 9.88. The Bertz CT molecular complexity index is 877. The standard InChI is InChI=1S/C25H29NO2/c1-4-27-25-16-21(17-26-20(3)22-11-6-5-7-12-22)14-15-24(25)28-18-23-13-9-8-10-19(23)2/h5-16,20,26H,4,17-18H2,1-3H3/t20-/m0/s1. The Morgan fingerprint density at radius 1 is 0.857 bits per heavy atom. The van der Waals surface area contributed by atoms with E-state index in [0.29, 0.717) is 13.2 Å². The van der Waals surface area contributed by atoms with Gasteiger partial charge in [-0.05, 0) is 55.2 Å². The maximum Gasteiger partial charge on any atom is 0.161 e. The molecule has 0 saturated carbocycles. The summed E-state index contributed by atoms with van der Waals surface area (Å²) in [7, 11) is 0. The molecule has 0 fully saturated rings. The van der Waals surface area contributed by atoms with Gasteiger partial charge in [0, 0.05) is 12.6 Å². The molecule has 0 unspecified atom stereocenters. The lowest BCUT2D eigenvalue weighted by atomic mass is 10.1. The van der Waals surface area contributed by atoms with Crippen molar-refractivity contribution in [2.45, 2.75) is 40.0 Å². The van der Waals surface area contributed by atoms with Gasteiger partial charge in [-0.2, -0.15) is 0 Å². The van der Waals surface area contributed by atoms with Gasteiger partial charge in [0.15, 0.2) is 11.5 Å². The van der Waals surface area contributed by atoms with E-state index < -0.39 is 0 Å². The van der Waals surface area contributed by atoms with E-state index in [4.69, 9.17) is 9.47 Å². The molecule has 28 heavy (non-hydrogen) atoms. The van der Waals surface area contributed by atoms with Crippen LogP contribution in [0.15, 0.2) is 72.8 Å².